The van der Waals surface area contributed by atoms with E-state index in [1.807, 2.05) is 0 Å². The number of carbonyl (C=O) groups excluding carboxylic acids is 1. The Balaban J connectivity index is 1.97. The van der Waals surface area contributed by atoms with Gasteiger partial charge in [0, 0.05) is 12.8 Å². The molecule has 2 fully saturated rings. The molecule has 0 radical (unpaired) electrons. The van der Waals surface area contributed by atoms with Crippen molar-refractivity contribution in [1.82, 2.24) is 0 Å². The summed E-state index contributed by atoms with van der Waals surface area (Å²) < 4.78 is 5.48. The van der Waals surface area contributed by atoms with E-state index < -0.39 is 0 Å². The summed E-state index contributed by atoms with van der Waals surface area (Å²) in [5.74, 6) is 1.42. The minimum Gasteiger partial charge on any atom is -0.460 e. The van der Waals surface area contributed by atoms with Crippen molar-refractivity contribution in [3.8, 4) is 6.07 Å². The molecule has 0 aliphatic heterocycles. The summed E-state index contributed by atoms with van der Waals surface area (Å²) in [6.45, 7) is 3.55. The van der Waals surface area contributed by atoms with Gasteiger partial charge in [0.2, 0.25) is 0 Å². The molecule has 0 bridgehead atoms. The third kappa shape index (κ3) is 2.80. The normalized spacial score (nSPS) is 41.1. The molecular weight excluding hydrogens is 214 g/mol. The van der Waals surface area contributed by atoms with Crippen molar-refractivity contribution in [2.45, 2.75) is 58.0 Å². The van der Waals surface area contributed by atoms with Gasteiger partial charge < -0.3 is 4.74 Å². The van der Waals surface area contributed by atoms with Crippen LogP contribution in [0.3, 0.4) is 0 Å². The lowest BCUT2D eigenvalue weighted by atomic mass is 9.64. The number of hydrogen-bond donors (Lipinski definition) is 0. The van der Waals surface area contributed by atoms with E-state index in [-0.39, 0.29) is 17.5 Å². The van der Waals surface area contributed by atoms with E-state index in [9.17, 15) is 4.79 Å². The predicted molar refractivity (Wildman–Crippen MR) is 64.0 cm³/mol. The quantitative estimate of drug-likeness (QED) is 0.656. The van der Waals surface area contributed by atoms with Crippen LogP contribution in [0.25, 0.3) is 0 Å². The fourth-order valence-electron chi connectivity index (χ4n) is 3.65. The average molecular weight is 235 g/mol. The van der Waals surface area contributed by atoms with Gasteiger partial charge in [-0.1, -0.05) is 0 Å². The van der Waals surface area contributed by atoms with E-state index in [0.29, 0.717) is 11.8 Å². The Morgan fingerprint density at radius 3 is 2.76 bits per heavy atom. The van der Waals surface area contributed by atoms with Crippen LogP contribution in [-0.4, -0.2) is 11.6 Å². The molecule has 94 valence electrons. The highest BCUT2D eigenvalue weighted by Crippen LogP contribution is 2.47. The number of nitriles is 1. The molecule has 0 N–H and O–H groups in total. The minimum absolute atomic E-state index is 0.170. The topological polar surface area (TPSA) is 50.1 Å². The maximum Gasteiger partial charge on any atom is 0.303 e. The Kier molecular flexibility index (Phi) is 3.42. The van der Waals surface area contributed by atoms with E-state index in [0.717, 1.165) is 38.5 Å². The molecule has 0 amide bonds. The van der Waals surface area contributed by atoms with Gasteiger partial charge >= 0.3 is 5.97 Å². The SMILES string of the molecule is CC(=O)OC1(C)CCC2CC(C#N)CCC2C1. The Morgan fingerprint density at radius 2 is 2.12 bits per heavy atom. The van der Waals surface area contributed by atoms with Crippen LogP contribution in [-0.2, 0) is 9.53 Å². The molecule has 17 heavy (non-hydrogen) atoms. The first-order valence-corrected chi connectivity index (χ1v) is 6.61. The predicted octanol–water partition coefficient (Wildman–Crippen LogP) is 3.05. The molecule has 2 saturated carbocycles. The van der Waals surface area contributed by atoms with Crippen molar-refractivity contribution in [2.75, 3.05) is 0 Å². The Bertz CT molecular complexity index is 347. The van der Waals surface area contributed by atoms with Crippen LogP contribution in [0.2, 0.25) is 0 Å². The molecule has 2 aliphatic carbocycles. The number of hydrogen-bond acceptors (Lipinski definition) is 3. The summed E-state index contributed by atoms with van der Waals surface area (Å²) in [6.07, 6.45) is 6.23. The summed E-state index contributed by atoms with van der Waals surface area (Å²) in [5, 5.41) is 8.98. The molecule has 4 unspecified atom stereocenters. The largest absolute Gasteiger partial charge is 0.460 e. The van der Waals surface area contributed by atoms with Crippen molar-refractivity contribution >= 4 is 5.97 Å². The molecule has 0 aromatic rings. The third-order valence-corrected chi connectivity index (χ3v) is 4.45. The second-order valence-electron chi connectivity index (χ2n) is 5.95. The van der Waals surface area contributed by atoms with Gasteiger partial charge in [-0.15, -0.1) is 0 Å². The number of fused-ring (bicyclic) bond motifs is 1. The first-order valence-electron chi connectivity index (χ1n) is 6.61. The minimum atomic E-state index is -0.257. The van der Waals surface area contributed by atoms with Crippen molar-refractivity contribution in [3.05, 3.63) is 0 Å². The smallest absolute Gasteiger partial charge is 0.303 e. The lowest BCUT2D eigenvalue weighted by Crippen LogP contribution is -2.42. The maximum atomic E-state index is 11.1. The fourth-order valence-corrected chi connectivity index (χ4v) is 3.65. The zero-order valence-electron chi connectivity index (χ0n) is 10.7. The highest BCUT2D eigenvalue weighted by molar-refractivity contribution is 5.66. The second kappa shape index (κ2) is 4.68. The Morgan fingerprint density at radius 1 is 1.35 bits per heavy atom. The van der Waals surface area contributed by atoms with Crippen LogP contribution in [0.15, 0.2) is 0 Å². The standard InChI is InChI=1S/C14H21NO2/c1-10(16)17-14(2)6-5-12-7-11(9-15)3-4-13(12)8-14/h11-13H,3-8H2,1-2H3. The molecule has 0 heterocycles. The molecule has 2 rings (SSSR count). The van der Waals surface area contributed by atoms with Gasteiger partial charge in [-0.2, -0.15) is 5.26 Å². The lowest BCUT2D eigenvalue weighted by Gasteiger charge is -2.45. The average Bonchev–Trinajstić information content (AvgIpc) is 2.27. The van der Waals surface area contributed by atoms with Gasteiger partial charge in [0.1, 0.15) is 5.60 Å². The van der Waals surface area contributed by atoms with Crippen LogP contribution in [0, 0.1) is 29.1 Å². The molecule has 0 saturated heterocycles. The van der Waals surface area contributed by atoms with Crippen molar-refractivity contribution in [1.29, 1.82) is 5.26 Å². The van der Waals surface area contributed by atoms with Crippen molar-refractivity contribution < 1.29 is 9.53 Å². The van der Waals surface area contributed by atoms with E-state index in [4.69, 9.17) is 10.00 Å². The number of esters is 1. The first-order chi connectivity index (χ1) is 8.02. The van der Waals surface area contributed by atoms with Gasteiger partial charge in [0.15, 0.2) is 0 Å². The Hall–Kier alpha value is -1.04. The summed E-state index contributed by atoms with van der Waals surface area (Å²) in [7, 11) is 0. The van der Waals surface area contributed by atoms with Crippen LogP contribution >= 0.6 is 0 Å². The number of ether oxygens (including phenoxy) is 1. The van der Waals surface area contributed by atoms with Crippen LogP contribution < -0.4 is 0 Å². The number of carbonyl (C=O) groups is 1. The van der Waals surface area contributed by atoms with Crippen LogP contribution in [0.1, 0.15) is 52.4 Å². The van der Waals surface area contributed by atoms with E-state index in [1.165, 1.54) is 6.92 Å². The summed E-state index contributed by atoms with van der Waals surface area (Å²) in [5.41, 5.74) is -0.257. The van der Waals surface area contributed by atoms with Crippen LogP contribution in [0.4, 0.5) is 0 Å². The molecule has 4 atom stereocenters. The van der Waals surface area contributed by atoms with Gasteiger partial charge in [0.05, 0.1) is 6.07 Å². The van der Waals surface area contributed by atoms with E-state index >= 15 is 0 Å². The van der Waals surface area contributed by atoms with Crippen molar-refractivity contribution in [3.63, 3.8) is 0 Å². The zero-order chi connectivity index (χ0) is 12.5. The number of rotatable bonds is 1. The molecule has 3 nitrogen and oxygen atoms in total. The van der Waals surface area contributed by atoms with Gasteiger partial charge in [0.25, 0.3) is 0 Å². The molecule has 0 aromatic carbocycles. The van der Waals surface area contributed by atoms with Gasteiger partial charge in [-0.3, -0.25) is 4.79 Å². The van der Waals surface area contributed by atoms with E-state index in [1.54, 1.807) is 0 Å². The third-order valence-electron chi connectivity index (χ3n) is 4.45. The Labute approximate surface area is 103 Å². The monoisotopic (exact) mass is 235 g/mol. The molecule has 2 aliphatic rings. The molecule has 3 heteroatoms. The molecular formula is C14H21NO2. The first kappa shape index (κ1) is 12.4. The van der Waals surface area contributed by atoms with Crippen LogP contribution in [0.5, 0.6) is 0 Å². The van der Waals surface area contributed by atoms with E-state index in [2.05, 4.69) is 13.0 Å². The second-order valence-corrected chi connectivity index (χ2v) is 5.95. The molecule has 0 spiro atoms. The fraction of sp³-hybridized carbons (Fsp3) is 0.857. The maximum absolute atomic E-state index is 11.1. The number of nitrogens with zero attached hydrogens (tertiary/aromatic N) is 1. The molecule has 0 aromatic heterocycles. The van der Waals surface area contributed by atoms with Gasteiger partial charge in [-0.25, -0.2) is 0 Å². The summed E-state index contributed by atoms with van der Waals surface area (Å²) in [6, 6.07) is 2.40. The zero-order valence-corrected chi connectivity index (χ0v) is 10.7. The highest BCUT2D eigenvalue weighted by atomic mass is 16.6. The van der Waals surface area contributed by atoms with Gasteiger partial charge in [-0.05, 0) is 57.3 Å². The van der Waals surface area contributed by atoms with Crippen molar-refractivity contribution in [2.24, 2.45) is 17.8 Å². The highest BCUT2D eigenvalue weighted by Gasteiger charge is 2.42. The summed E-state index contributed by atoms with van der Waals surface area (Å²) in [4.78, 5) is 11.1. The summed E-state index contributed by atoms with van der Waals surface area (Å²) >= 11 is 0. The lowest BCUT2D eigenvalue weighted by molar-refractivity contribution is -0.162.